The van der Waals surface area contributed by atoms with E-state index < -0.39 is 0 Å². The van der Waals surface area contributed by atoms with Crippen molar-refractivity contribution in [2.75, 3.05) is 24.3 Å². The SMILES string of the molecule is CN(C)c1ccc(Cl)cc1NC(=O)CCC1CCCC1. The fourth-order valence-corrected chi connectivity index (χ4v) is 3.02. The van der Waals surface area contributed by atoms with Gasteiger partial charge in [-0.15, -0.1) is 0 Å². The van der Waals surface area contributed by atoms with Crippen LogP contribution in [0.15, 0.2) is 18.2 Å². The molecule has 110 valence electrons. The topological polar surface area (TPSA) is 32.3 Å². The van der Waals surface area contributed by atoms with Gasteiger partial charge < -0.3 is 10.2 Å². The van der Waals surface area contributed by atoms with Crippen LogP contribution in [0.1, 0.15) is 38.5 Å². The number of hydrogen-bond donors (Lipinski definition) is 1. The van der Waals surface area contributed by atoms with Gasteiger partial charge in [-0.05, 0) is 30.5 Å². The number of carbonyl (C=O) groups excluding carboxylic acids is 1. The van der Waals surface area contributed by atoms with E-state index in [0.29, 0.717) is 11.4 Å². The molecule has 1 aliphatic carbocycles. The quantitative estimate of drug-likeness (QED) is 0.877. The summed E-state index contributed by atoms with van der Waals surface area (Å²) in [5, 5.41) is 3.63. The van der Waals surface area contributed by atoms with Gasteiger partial charge in [-0.2, -0.15) is 0 Å². The van der Waals surface area contributed by atoms with Crippen LogP contribution in [0, 0.1) is 5.92 Å². The van der Waals surface area contributed by atoms with Crippen LogP contribution in [-0.4, -0.2) is 20.0 Å². The van der Waals surface area contributed by atoms with Crippen LogP contribution in [-0.2, 0) is 4.79 Å². The number of nitrogens with zero attached hydrogens (tertiary/aromatic N) is 1. The third-order valence-electron chi connectivity index (χ3n) is 3.97. The number of anilines is 2. The van der Waals surface area contributed by atoms with Gasteiger partial charge in [0.05, 0.1) is 11.4 Å². The second kappa shape index (κ2) is 6.98. The first kappa shape index (κ1) is 15.2. The van der Waals surface area contributed by atoms with Gasteiger partial charge in [0.2, 0.25) is 5.91 Å². The van der Waals surface area contributed by atoms with Gasteiger partial charge in [0.25, 0.3) is 0 Å². The highest BCUT2D eigenvalue weighted by atomic mass is 35.5. The predicted octanol–water partition coefficient (Wildman–Crippen LogP) is 4.31. The van der Waals surface area contributed by atoms with Gasteiger partial charge in [-0.1, -0.05) is 37.3 Å². The van der Waals surface area contributed by atoms with Crippen LogP contribution in [0.4, 0.5) is 11.4 Å². The van der Waals surface area contributed by atoms with Crippen LogP contribution >= 0.6 is 11.6 Å². The third-order valence-corrected chi connectivity index (χ3v) is 4.20. The first-order valence-corrected chi connectivity index (χ1v) is 7.71. The lowest BCUT2D eigenvalue weighted by molar-refractivity contribution is -0.116. The molecule has 0 aromatic heterocycles. The second-order valence-electron chi connectivity index (χ2n) is 5.79. The molecule has 0 radical (unpaired) electrons. The molecule has 0 saturated heterocycles. The third kappa shape index (κ3) is 4.14. The van der Waals surface area contributed by atoms with Gasteiger partial charge >= 0.3 is 0 Å². The normalized spacial score (nSPS) is 15.3. The van der Waals surface area contributed by atoms with Gasteiger partial charge in [-0.3, -0.25) is 4.79 Å². The highest BCUT2D eigenvalue weighted by Gasteiger charge is 2.16. The Labute approximate surface area is 126 Å². The van der Waals surface area contributed by atoms with E-state index in [4.69, 9.17) is 11.6 Å². The average molecular weight is 295 g/mol. The van der Waals surface area contributed by atoms with Crippen molar-refractivity contribution in [3.63, 3.8) is 0 Å². The molecule has 0 atom stereocenters. The number of benzene rings is 1. The van der Waals surface area contributed by atoms with E-state index in [1.54, 1.807) is 0 Å². The number of hydrogen-bond acceptors (Lipinski definition) is 2. The summed E-state index contributed by atoms with van der Waals surface area (Å²) in [4.78, 5) is 14.1. The smallest absolute Gasteiger partial charge is 0.224 e. The van der Waals surface area contributed by atoms with Gasteiger partial charge in [0.15, 0.2) is 0 Å². The molecule has 1 amide bonds. The number of nitrogens with one attached hydrogen (secondary N) is 1. The Hall–Kier alpha value is -1.22. The van der Waals surface area contributed by atoms with Crippen molar-refractivity contribution in [2.45, 2.75) is 38.5 Å². The van der Waals surface area contributed by atoms with E-state index in [2.05, 4.69) is 5.32 Å². The zero-order valence-corrected chi connectivity index (χ0v) is 13.0. The summed E-state index contributed by atoms with van der Waals surface area (Å²) in [6.45, 7) is 0. The van der Waals surface area contributed by atoms with Crippen molar-refractivity contribution in [3.8, 4) is 0 Å². The molecule has 0 bridgehead atoms. The summed E-state index contributed by atoms with van der Waals surface area (Å²) in [6.07, 6.45) is 6.82. The molecule has 3 nitrogen and oxygen atoms in total. The Kier molecular flexibility index (Phi) is 5.30. The minimum atomic E-state index is 0.0854. The molecule has 1 fully saturated rings. The standard InChI is InChI=1S/C16H23ClN2O/c1-19(2)15-9-8-13(17)11-14(15)18-16(20)10-7-12-5-3-4-6-12/h8-9,11-12H,3-7,10H2,1-2H3,(H,18,20). The van der Waals surface area contributed by atoms with Crippen LogP contribution in [0.25, 0.3) is 0 Å². The summed E-state index contributed by atoms with van der Waals surface area (Å²) in [6, 6.07) is 5.57. The lowest BCUT2D eigenvalue weighted by Gasteiger charge is -2.18. The predicted molar refractivity (Wildman–Crippen MR) is 85.6 cm³/mol. The maximum absolute atomic E-state index is 12.1. The fourth-order valence-electron chi connectivity index (χ4n) is 2.85. The summed E-state index contributed by atoms with van der Waals surface area (Å²) in [5.74, 6) is 0.829. The van der Waals surface area contributed by atoms with Gasteiger partial charge in [0, 0.05) is 25.5 Å². The molecule has 20 heavy (non-hydrogen) atoms. The molecule has 1 aliphatic rings. The monoisotopic (exact) mass is 294 g/mol. The molecule has 0 heterocycles. The van der Waals surface area contributed by atoms with E-state index in [1.165, 1.54) is 25.7 Å². The molecule has 0 unspecified atom stereocenters. The van der Waals surface area contributed by atoms with Crippen LogP contribution in [0.5, 0.6) is 0 Å². The molecule has 0 spiro atoms. The summed E-state index contributed by atoms with van der Waals surface area (Å²) < 4.78 is 0. The van der Waals surface area contributed by atoms with Crippen molar-refractivity contribution in [1.82, 2.24) is 0 Å². The van der Waals surface area contributed by atoms with Crippen molar-refractivity contribution in [2.24, 2.45) is 5.92 Å². The maximum Gasteiger partial charge on any atom is 0.224 e. The molecule has 1 N–H and O–H groups in total. The Bertz CT molecular complexity index is 468. The Morgan fingerprint density at radius 1 is 1.35 bits per heavy atom. The summed E-state index contributed by atoms with van der Waals surface area (Å²) in [7, 11) is 3.91. The first-order valence-electron chi connectivity index (χ1n) is 7.33. The van der Waals surface area contributed by atoms with Crippen LogP contribution < -0.4 is 10.2 Å². The van der Waals surface area contributed by atoms with Crippen molar-refractivity contribution >= 4 is 28.9 Å². The highest BCUT2D eigenvalue weighted by molar-refractivity contribution is 6.31. The van der Waals surface area contributed by atoms with E-state index in [1.807, 2.05) is 37.2 Å². The Morgan fingerprint density at radius 2 is 2.05 bits per heavy atom. The summed E-state index contributed by atoms with van der Waals surface area (Å²) >= 11 is 6.02. The molecular weight excluding hydrogens is 272 g/mol. The number of halogens is 1. The zero-order chi connectivity index (χ0) is 14.5. The van der Waals surface area contributed by atoms with E-state index in [-0.39, 0.29) is 5.91 Å². The zero-order valence-electron chi connectivity index (χ0n) is 12.3. The van der Waals surface area contributed by atoms with Gasteiger partial charge in [0.1, 0.15) is 0 Å². The summed E-state index contributed by atoms with van der Waals surface area (Å²) in [5.41, 5.74) is 1.77. The molecule has 1 aromatic rings. The molecule has 0 aliphatic heterocycles. The number of carbonyl (C=O) groups is 1. The lowest BCUT2D eigenvalue weighted by atomic mass is 10.0. The second-order valence-corrected chi connectivity index (χ2v) is 6.23. The fraction of sp³-hybridized carbons (Fsp3) is 0.562. The number of rotatable bonds is 5. The van der Waals surface area contributed by atoms with Crippen LogP contribution in [0.3, 0.4) is 0 Å². The van der Waals surface area contributed by atoms with Gasteiger partial charge in [-0.25, -0.2) is 0 Å². The minimum absolute atomic E-state index is 0.0854. The first-order chi connectivity index (χ1) is 9.56. The highest BCUT2D eigenvalue weighted by Crippen LogP contribution is 2.30. The Morgan fingerprint density at radius 3 is 2.70 bits per heavy atom. The van der Waals surface area contributed by atoms with E-state index in [0.717, 1.165) is 23.7 Å². The van der Waals surface area contributed by atoms with E-state index in [9.17, 15) is 4.79 Å². The lowest BCUT2D eigenvalue weighted by Crippen LogP contribution is -2.17. The average Bonchev–Trinajstić information content (AvgIpc) is 2.89. The molecule has 1 saturated carbocycles. The van der Waals surface area contributed by atoms with Crippen LogP contribution in [0.2, 0.25) is 5.02 Å². The maximum atomic E-state index is 12.1. The molecule has 4 heteroatoms. The molecule has 2 rings (SSSR count). The van der Waals surface area contributed by atoms with E-state index >= 15 is 0 Å². The Balaban J connectivity index is 1.94. The largest absolute Gasteiger partial charge is 0.376 e. The molecule has 1 aromatic carbocycles. The van der Waals surface area contributed by atoms with Crippen molar-refractivity contribution in [1.29, 1.82) is 0 Å². The minimum Gasteiger partial charge on any atom is -0.376 e. The molecular formula is C16H23ClN2O. The van der Waals surface area contributed by atoms with Crippen molar-refractivity contribution < 1.29 is 4.79 Å². The van der Waals surface area contributed by atoms with Crippen molar-refractivity contribution in [3.05, 3.63) is 23.2 Å². The number of amides is 1.